The van der Waals surface area contributed by atoms with Crippen molar-refractivity contribution in [3.63, 3.8) is 0 Å². The average Bonchev–Trinajstić information content (AvgIpc) is 3.21. The van der Waals surface area contributed by atoms with Gasteiger partial charge in [0.2, 0.25) is 5.91 Å². The Hall–Kier alpha value is -3.61. The van der Waals surface area contributed by atoms with E-state index in [-0.39, 0.29) is 29.8 Å². The maximum Gasteiger partial charge on any atom is 0.254 e. The normalized spacial score (nSPS) is 11.4. The van der Waals surface area contributed by atoms with Gasteiger partial charge in [0.05, 0.1) is 18.5 Å². The number of hydrogen-bond donors (Lipinski definition) is 1. The third kappa shape index (κ3) is 5.80. The molecular weight excluding hydrogens is 416 g/mol. The second-order valence-corrected chi connectivity index (χ2v) is 9.22. The number of amides is 2. The molecule has 3 aromatic rings. The Kier molecular flexibility index (Phi) is 7.21. The summed E-state index contributed by atoms with van der Waals surface area (Å²) in [5.74, 6) is 0.632. The summed E-state index contributed by atoms with van der Waals surface area (Å²) in [5, 5.41) is 7.69. The molecule has 0 aliphatic heterocycles. The highest BCUT2D eigenvalue weighted by atomic mass is 16.5. The van der Waals surface area contributed by atoms with Crippen LogP contribution in [0.5, 0.6) is 5.75 Å². The number of nitrogens with zero attached hydrogens (tertiary/aromatic N) is 3. The number of hydrogen-bond acceptors (Lipinski definition) is 4. The standard InChI is InChI=1S/C26H32N4O3/c1-18(2)29(25(32)19-11-10-14-21(15-19)33-6)17-24(31)27-23-16-22(26(3,4)5)28-30(23)20-12-8-7-9-13-20/h7-16,18H,17H2,1-6H3,(H,27,31). The highest BCUT2D eigenvalue weighted by Crippen LogP contribution is 2.26. The molecule has 1 heterocycles. The van der Waals surface area contributed by atoms with Gasteiger partial charge < -0.3 is 15.0 Å². The lowest BCUT2D eigenvalue weighted by molar-refractivity contribution is -0.117. The number of methoxy groups -OCH3 is 1. The second kappa shape index (κ2) is 9.90. The van der Waals surface area contributed by atoms with E-state index in [1.165, 1.54) is 4.90 Å². The van der Waals surface area contributed by atoms with Gasteiger partial charge in [-0.3, -0.25) is 9.59 Å². The van der Waals surface area contributed by atoms with Gasteiger partial charge in [-0.25, -0.2) is 4.68 Å². The van der Waals surface area contributed by atoms with Gasteiger partial charge >= 0.3 is 0 Å². The number of carbonyl (C=O) groups excluding carboxylic acids is 2. The zero-order valence-corrected chi connectivity index (χ0v) is 20.1. The monoisotopic (exact) mass is 448 g/mol. The first-order chi connectivity index (χ1) is 15.6. The Morgan fingerprint density at radius 3 is 2.36 bits per heavy atom. The molecule has 0 fully saturated rings. The lowest BCUT2D eigenvalue weighted by Crippen LogP contribution is -2.42. The molecule has 2 amide bonds. The number of ether oxygens (including phenoxy) is 1. The number of aromatic nitrogens is 2. The Balaban J connectivity index is 1.85. The van der Waals surface area contributed by atoms with Crippen molar-refractivity contribution in [2.75, 3.05) is 19.0 Å². The maximum absolute atomic E-state index is 13.1. The molecular formula is C26H32N4O3. The van der Waals surface area contributed by atoms with Crippen LogP contribution < -0.4 is 10.1 Å². The summed E-state index contributed by atoms with van der Waals surface area (Å²) in [6, 6.07) is 18.3. The topological polar surface area (TPSA) is 76.5 Å². The molecule has 0 aliphatic rings. The van der Waals surface area contributed by atoms with E-state index in [0.717, 1.165) is 11.4 Å². The van der Waals surface area contributed by atoms with Gasteiger partial charge in [0.1, 0.15) is 18.1 Å². The summed E-state index contributed by atoms with van der Waals surface area (Å²) < 4.78 is 6.95. The van der Waals surface area contributed by atoms with Crippen LogP contribution in [0.2, 0.25) is 0 Å². The van der Waals surface area contributed by atoms with E-state index in [4.69, 9.17) is 9.84 Å². The molecule has 2 aromatic carbocycles. The van der Waals surface area contributed by atoms with Gasteiger partial charge in [0.15, 0.2) is 0 Å². The minimum absolute atomic E-state index is 0.0848. The van der Waals surface area contributed by atoms with Crippen molar-refractivity contribution >= 4 is 17.6 Å². The van der Waals surface area contributed by atoms with Gasteiger partial charge in [0, 0.05) is 23.1 Å². The lowest BCUT2D eigenvalue weighted by atomic mass is 9.92. The summed E-state index contributed by atoms with van der Waals surface area (Å²) in [6.45, 7) is 9.91. The van der Waals surface area contributed by atoms with Crippen molar-refractivity contribution in [1.29, 1.82) is 0 Å². The molecule has 0 aliphatic carbocycles. The Morgan fingerprint density at radius 1 is 1.06 bits per heavy atom. The first kappa shape index (κ1) is 24.0. The van der Waals surface area contributed by atoms with Crippen LogP contribution in [0.25, 0.3) is 5.69 Å². The van der Waals surface area contributed by atoms with Gasteiger partial charge in [0.25, 0.3) is 5.91 Å². The number of rotatable bonds is 7. The molecule has 174 valence electrons. The van der Waals surface area contributed by atoms with Crippen molar-refractivity contribution in [3.8, 4) is 11.4 Å². The number of nitrogens with one attached hydrogen (secondary N) is 1. The summed E-state index contributed by atoms with van der Waals surface area (Å²) in [4.78, 5) is 27.7. The maximum atomic E-state index is 13.1. The lowest BCUT2D eigenvalue weighted by Gasteiger charge is -2.26. The van der Waals surface area contributed by atoms with E-state index in [0.29, 0.717) is 17.1 Å². The van der Waals surface area contributed by atoms with Gasteiger partial charge in [-0.05, 0) is 44.2 Å². The van der Waals surface area contributed by atoms with Gasteiger partial charge in [-0.2, -0.15) is 5.10 Å². The van der Waals surface area contributed by atoms with Crippen LogP contribution in [0, 0.1) is 0 Å². The molecule has 0 bridgehead atoms. The van der Waals surface area contributed by atoms with E-state index in [2.05, 4.69) is 26.1 Å². The molecule has 33 heavy (non-hydrogen) atoms. The highest BCUT2D eigenvalue weighted by Gasteiger charge is 2.25. The van der Waals surface area contributed by atoms with E-state index in [1.807, 2.05) is 50.2 Å². The molecule has 0 atom stereocenters. The number of benzene rings is 2. The van der Waals surface area contributed by atoms with Gasteiger partial charge in [-0.1, -0.05) is 45.0 Å². The summed E-state index contributed by atoms with van der Waals surface area (Å²) in [7, 11) is 1.55. The number of para-hydroxylation sites is 1. The molecule has 3 rings (SSSR count). The molecule has 7 heteroatoms. The minimum Gasteiger partial charge on any atom is -0.497 e. The largest absolute Gasteiger partial charge is 0.497 e. The second-order valence-electron chi connectivity index (χ2n) is 9.22. The van der Waals surface area contributed by atoms with Crippen molar-refractivity contribution in [3.05, 3.63) is 71.9 Å². The quantitative estimate of drug-likeness (QED) is 0.570. The van der Waals surface area contributed by atoms with E-state index in [1.54, 1.807) is 36.1 Å². The van der Waals surface area contributed by atoms with E-state index >= 15 is 0 Å². The van der Waals surface area contributed by atoms with Crippen LogP contribution in [0.4, 0.5) is 5.82 Å². The van der Waals surface area contributed by atoms with Crippen LogP contribution in [0.1, 0.15) is 50.7 Å². The van der Waals surface area contributed by atoms with Gasteiger partial charge in [-0.15, -0.1) is 0 Å². The zero-order valence-electron chi connectivity index (χ0n) is 20.1. The fourth-order valence-electron chi connectivity index (χ4n) is 3.35. The Bertz CT molecular complexity index is 1110. The van der Waals surface area contributed by atoms with Crippen LogP contribution in [-0.2, 0) is 10.2 Å². The summed E-state index contributed by atoms with van der Waals surface area (Å²) in [5.41, 5.74) is 1.98. The molecule has 1 N–H and O–H groups in total. The highest BCUT2D eigenvalue weighted by molar-refractivity contribution is 5.99. The first-order valence-electron chi connectivity index (χ1n) is 11.0. The van der Waals surface area contributed by atoms with Crippen LogP contribution in [-0.4, -0.2) is 46.2 Å². The molecule has 0 saturated carbocycles. The van der Waals surface area contributed by atoms with Crippen LogP contribution in [0.15, 0.2) is 60.7 Å². The molecule has 7 nitrogen and oxygen atoms in total. The van der Waals surface area contributed by atoms with E-state index < -0.39 is 0 Å². The fourth-order valence-corrected chi connectivity index (χ4v) is 3.35. The predicted octanol–water partition coefficient (Wildman–Crippen LogP) is 4.67. The summed E-state index contributed by atoms with van der Waals surface area (Å²) in [6.07, 6.45) is 0. The smallest absolute Gasteiger partial charge is 0.254 e. The van der Waals surface area contributed by atoms with Crippen LogP contribution >= 0.6 is 0 Å². The Morgan fingerprint density at radius 2 is 1.76 bits per heavy atom. The molecule has 0 spiro atoms. The average molecular weight is 449 g/mol. The predicted molar refractivity (Wildman–Crippen MR) is 130 cm³/mol. The van der Waals surface area contributed by atoms with Crippen LogP contribution in [0.3, 0.4) is 0 Å². The Labute approximate surface area is 195 Å². The van der Waals surface area contributed by atoms with Crippen molar-refractivity contribution < 1.29 is 14.3 Å². The minimum atomic E-state index is -0.294. The molecule has 0 radical (unpaired) electrons. The SMILES string of the molecule is COc1cccc(C(=O)N(CC(=O)Nc2cc(C(C)(C)C)nn2-c2ccccc2)C(C)C)c1. The molecule has 1 aromatic heterocycles. The third-order valence-corrected chi connectivity index (χ3v) is 5.26. The number of carbonyl (C=O) groups is 2. The zero-order chi connectivity index (χ0) is 24.2. The molecule has 0 unspecified atom stereocenters. The van der Waals surface area contributed by atoms with Crippen molar-refractivity contribution in [2.45, 2.75) is 46.1 Å². The van der Waals surface area contributed by atoms with E-state index in [9.17, 15) is 9.59 Å². The first-order valence-corrected chi connectivity index (χ1v) is 11.0. The molecule has 0 saturated heterocycles. The summed E-state index contributed by atoms with van der Waals surface area (Å²) >= 11 is 0. The van der Waals surface area contributed by atoms with Crippen molar-refractivity contribution in [2.24, 2.45) is 0 Å². The van der Waals surface area contributed by atoms with Crippen molar-refractivity contribution in [1.82, 2.24) is 14.7 Å². The number of anilines is 1. The third-order valence-electron chi connectivity index (χ3n) is 5.26. The fraction of sp³-hybridized carbons (Fsp3) is 0.346.